The van der Waals surface area contributed by atoms with Crippen molar-refractivity contribution in [2.45, 2.75) is 4.90 Å². The third-order valence-corrected chi connectivity index (χ3v) is 4.45. The molecular weight excluding hydrogens is 306 g/mol. The van der Waals surface area contributed by atoms with Gasteiger partial charge in [0.15, 0.2) is 0 Å². The molecule has 4 rings (SSSR count). The van der Waals surface area contributed by atoms with Crippen molar-refractivity contribution < 1.29 is 0 Å². The zero-order chi connectivity index (χ0) is 15.6. The maximum atomic E-state index is 4.49. The molecule has 0 saturated carbocycles. The van der Waals surface area contributed by atoms with E-state index in [0.29, 0.717) is 0 Å². The lowest BCUT2D eigenvalue weighted by atomic mass is 10.2. The molecule has 0 unspecified atom stereocenters. The van der Waals surface area contributed by atoms with Crippen LogP contribution in [-0.4, -0.2) is 19.7 Å². The van der Waals surface area contributed by atoms with Crippen molar-refractivity contribution >= 4 is 28.5 Å². The first-order chi connectivity index (χ1) is 11.3. The molecule has 0 spiro atoms. The molecule has 114 valence electrons. The monoisotopic (exact) mass is 321 g/mol. The summed E-state index contributed by atoms with van der Waals surface area (Å²) in [6, 6.07) is 14.2. The summed E-state index contributed by atoms with van der Waals surface area (Å²) in [6.45, 7) is 0. The molecule has 5 nitrogen and oxygen atoms in total. The topological polar surface area (TPSA) is 58.5 Å². The van der Waals surface area contributed by atoms with Crippen molar-refractivity contribution in [1.29, 1.82) is 0 Å². The molecule has 0 aliphatic rings. The number of aromatic nitrogens is 4. The minimum Gasteiger partial charge on any atom is -0.360 e. The lowest BCUT2D eigenvalue weighted by Crippen LogP contribution is -1.94. The second-order valence-corrected chi connectivity index (χ2v) is 6.06. The Morgan fingerprint density at radius 1 is 1.09 bits per heavy atom. The number of pyridine rings is 1. The average Bonchev–Trinajstić information content (AvgIpc) is 3.24. The highest BCUT2D eigenvalue weighted by Gasteiger charge is 2.06. The second kappa shape index (κ2) is 5.81. The van der Waals surface area contributed by atoms with Crippen molar-refractivity contribution in [3.05, 3.63) is 61.1 Å². The molecule has 0 atom stereocenters. The van der Waals surface area contributed by atoms with Gasteiger partial charge in [-0.1, -0.05) is 12.1 Å². The van der Waals surface area contributed by atoms with E-state index in [-0.39, 0.29) is 0 Å². The first-order valence-electron chi connectivity index (χ1n) is 7.25. The van der Waals surface area contributed by atoms with Crippen molar-refractivity contribution in [2.75, 3.05) is 4.72 Å². The molecule has 0 saturated heterocycles. The number of benzene rings is 1. The first kappa shape index (κ1) is 13.9. The van der Waals surface area contributed by atoms with Gasteiger partial charge in [0.25, 0.3) is 0 Å². The van der Waals surface area contributed by atoms with Crippen LogP contribution in [0.15, 0.2) is 66.0 Å². The first-order valence-corrected chi connectivity index (χ1v) is 8.06. The van der Waals surface area contributed by atoms with Gasteiger partial charge in [-0.15, -0.1) is 0 Å². The summed E-state index contributed by atoms with van der Waals surface area (Å²) >= 11 is 1.54. The number of para-hydroxylation sites is 1. The van der Waals surface area contributed by atoms with E-state index in [1.807, 2.05) is 54.6 Å². The molecule has 3 heterocycles. The Morgan fingerprint density at radius 2 is 2.04 bits per heavy atom. The number of H-pyrrole nitrogens is 1. The van der Waals surface area contributed by atoms with Gasteiger partial charge in [0.05, 0.1) is 28.8 Å². The average molecular weight is 321 g/mol. The van der Waals surface area contributed by atoms with Gasteiger partial charge in [-0.2, -0.15) is 5.10 Å². The molecule has 2 N–H and O–H groups in total. The van der Waals surface area contributed by atoms with Crippen molar-refractivity contribution in [1.82, 2.24) is 19.7 Å². The predicted octanol–water partition coefficient (Wildman–Crippen LogP) is 4.08. The maximum Gasteiger partial charge on any atom is 0.0918 e. The fraction of sp³-hybridized carbons (Fsp3) is 0.0588. The van der Waals surface area contributed by atoms with Gasteiger partial charge in [0.1, 0.15) is 0 Å². The summed E-state index contributed by atoms with van der Waals surface area (Å²) in [5, 5.41) is 5.43. The quantitative estimate of drug-likeness (QED) is 0.556. The number of hydrogen-bond acceptors (Lipinski definition) is 4. The van der Waals surface area contributed by atoms with Gasteiger partial charge < -0.3 is 9.71 Å². The van der Waals surface area contributed by atoms with Crippen molar-refractivity contribution in [3.63, 3.8) is 0 Å². The van der Waals surface area contributed by atoms with Gasteiger partial charge >= 0.3 is 0 Å². The van der Waals surface area contributed by atoms with Crippen LogP contribution in [0.4, 0.5) is 5.69 Å². The smallest absolute Gasteiger partial charge is 0.0918 e. The number of nitrogens with zero attached hydrogens (tertiary/aromatic N) is 3. The highest BCUT2D eigenvalue weighted by Crippen LogP contribution is 2.28. The summed E-state index contributed by atoms with van der Waals surface area (Å²) in [7, 11) is 1.95. The molecule has 6 heteroatoms. The lowest BCUT2D eigenvalue weighted by Gasteiger charge is -2.08. The highest BCUT2D eigenvalue weighted by molar-refractivity contribution is 8.00. The maximum absolute atomic E-state index is 4.49. The minimum atomic E-state index is 0.938. The normalized spacial score (nSPS) is 11.0. The molecule has 0 aliphatic heterocycles. The van der Waals surface area contributed by atoms with Crippen LogP contribution in [0.2, 0.25) is 0 Å². The van der Waals surface area contributed by atoms with Gasteiger partial charge in [-0.3, -0.25) is 9.67 Å². The number of nitrogens with one attached hydrogen (secondary N) is 2. The largest absolute Gasteiger partial charge is 0.360 e. The van der Waals surface area contributed by atoms with Crippen LogP contribution < -0.4 is 4.72 Å². The van der Waals surface area contributed by atoms with E-state index >= 15 is 0 Å². The predicted molar refractivity (Wildman–Crippen MR) is 94.2 cm³/mol. The Kier molecular flexibility index (Phi) is 3.51. The van der Waals surface area contributed by atoms with Crippen LogP contribution in [0.1, 0.15) is 0 Å². The van der Waals surface area contributed by atoms with Gasteiger partial charge in [0.2, 0.25) is 0 Å². The summed E-state index contributed by atoms with van der Waals surface area (Å²) in [5.41, 5.74) is 4.10. The number of rotatable bonds is 4. The Morgan fingerprint density at radius 3 is 2.83 bits per heavy atom. The van der Waals surface area contributed by atoms with Crippen LogP contribution in [0.25, 0.3) is 22.3 Å². The molecule has 0 amide bonds. The molecule has 23 heavy (non-hydrogen) atoms. The number of aryl methyl sites for hydroxylation is 1. The van der Waals surface area contributed by atoms with E-state index in [9.17, 15) is 0 Å². The molecule has 0 radical (unpaired) electrons. The Labute approximate surface area is 137 Å². The Hall–Kier alpha value is -2.73. The van der Waals surface area contributed by atoms with Crippen LogP contribution >= 0.6 is 11.9 Å². The van der Waals surface area contributed by atoms with E-state index in [1.54, 1.807) is 11.9 Å². The molecule has 1 aromatic carbocycles. The van der Waals surface area contributed by atoms with E-state index in [1.165, 1.54) is 0 Å². The van der Waals surface area contributed by atoms with Crippen molar-refractivity contribution in [2.24, 2.45) is 7.05 Å². The Balaban J connectivity index is 1.53. The van der Waals surface area contributed by atoms with Gasteiger partial charge in [0, 0.05) is 29.7 Å². The highest BCUT2D eigenvalue weighted by atomic mass is 32.2. The molecule has 0 bridgehead atoms. The summed E-state index contributed by atoms with van der Waals surface area (Å²) < 4.78 is 5.27. The standard InChI is InChI=1S/C17H15N5S/c1-22-17-12(10-20-22)4-2-5-16(17)21-23-13-7-8-15(19-11-13)14-6-3-9-18-14/h2-11,18,21H,1H3. The number of fused-ring (bicyclic) bond motifs is 1. The van der Waals surface area contributed by atoms with Crippen LogP contribution in [0.5, 0.6) is 0 Å². The van der Waals surface area contributed by atoms with Gasteiger partial charge in [-0.05, 0) is 42.3 Å². The fourth-order valence-electron chi connectivity index (χ4n) is 2.52. The lowest BCUT2D eigenvalue weighted by molar-refractivity contribution is 0.798. The summed E-state index contributed by atoms with van der Waals surface area (Å²) in [5.74, 6) is 0. The SMILES string of the molecule is Cn1ncc2cccc(NSc3ccc(-c4ccc[nH]4)nc3)c21. The third kappa shape index (κ3) is 2.68. The Bertz CT molecular complexity index is 925. The van der Waals surface area contributed by atoms with E-state index < -0.39 is 0 Å². The van der Waals surface area contributed by atoms with Gasteiger partial charge in [-0.25, -0.2) is 0 Å². The molecule has 3 aromatic heterocycles. The van der Waals surface area contributed by atoms with Crippen LogP contribution in [-0.2, 0) is 7.05 Å². The summed E-state index contributed by atoms with van der Waals surface area (Å²) in [6.07, 6.45) is 5.64. The van der Waals surface area contributed by atoms with Crippen molar-refractivity contribution in [3.8, 4) is 11.4 Å². The second-order valence-electron chi connectivity index (χ2n) is 5.18. The zero-order valence-corrected chi connectivity index (χ0v) is 13.3. The minimum absolute atomic E-state index is 0.938. The molecular formula is C17H15N5S. The third-order valence-electron chi connectivity index (χ3n) is 3.65. The van der Waals surface area contributed by atoms with Crippen LogP contribution in [0, 0.1) is 0 Å². The zero-order valence-electron chi connectivity index (χ0n) is 12.5. The molecule has 0 fully saturated rings. The molecule has 0 aliphatic carbocycles. The van der Waals surface area contributed by atoms with E-state index in [0.717, 1.165) is 32.9 Å². The fourth-order valence-corrected chi connectivity index (χ4v) is 3.15. The summed E-state index contributed by atoms with van der Waals surface area (Å²) in [4.78, 5) is 8.71. The van der Waals surface area contributed by atoms with E-state index in [2.05, 4.69) is 38.0 Å². The number of anilines is 1. The van der Waals surface area contributed by atoms with E-state index in [4.69, 9.17) is 0 Å². The molecule has 4 aromatic rings. The number of aromatic amines is 1. The number of hydrogen-bond donors (Lipinski definition) is 2. The van der Waals surface area contributed by atoms with Crippen LogP contribution in [0.3, 0.4) is 0 Å².